The standard InChI is InChI=1S/C22H24N2O4/c1-3-11-27-19-9-7-15(12-20(19)26-4-2)21(25)23-16-8-10-18-17(13-16)24-22(28-18)14-5-6-14/h7-10,12-14H,3-6,11H2,1-2H3,(H,23,25). The number of benzene rings is 2. The predicted molar refractivity (Wildman–Crippen MR) is 107 cm³/mol. The number of carbonyl (C=O) groups excluding carboxylic acids is 1. The van der Waals surface area contributed by atoms with Gasteiger partial charge in [0, 0.05) is 17.2 Å². The lowest BCUT2D eigenvalue weighted by atomic mass is 10.1. The first-order chi connectivity index (χ1) is 13.7. The third-order valence-corrected chi connectivity index (χ3v) is 4.56. The van der Waals surface area contributed by atoms with Crippen LogP contribution in [0, 0.1) is 0 Å². The average Bonchev–Trinajstić information content (AvgIpc) is 3.46. The van der Waals surface area contributed by atoms with E-state index in [-0.39, 0.29) is 5.91 Å². The third kappa shape index (κ3) is 3.96. The molecule has 146 valence electrons. The van der Waals surface area contributed by atoms with Crippen LogP contribution in [0.5, 0.6) is 11.5 Å². The van der Waals surface area contributed by atoms with E-state index in [9.17, 15) is 4.79 Å². The Morgan fingerprint density at radius 3 is 2.75 bits per heavy atom. The van der Waals surface area contributed by atoms with E-state index < -0.39 is 0 Å². The number of carbonyl (C=O) groups is 1. The molecular formula is C22H24N2O4. The van der Waals surface area contributed by atoms with Crippen molar-refractivity contribution in [3.63, 3.8) is 0 Å². The number of rotatable bonds is 8. The second-order valence-electron chi connectivity index (χ2n) is 6.91. The number of oxazole rings is 1. The van der Waals surface area contributed by atoms with Crippen molar-refractivity contribution in [3.05, 3.63) is 47.9 Å². The van der Waals surface area contributed by atoms with Gasteiger partial charge in [-0.15, -0.1) is 0 Å². The van der Waals surface area contributed by atoms with Crippen LogP contribution in [0.3, 0.4) is 0 Å². The molecule has 2 aromatic carbocycles. The molecule has 6 nitrogen and oxygen atoms in total. The Kier molecular flexibility index (Phi) is 5.19. The summed E-state index contributed by atoms with van der Waals surface area (Å²) in [6.07, 6.45) is 3.17. The van der Waals surface area contributed by atoms with Crippen LogP contribution in [-0.2, 0) is 0 Å². The molecule has 0 radical (unpaired) electrons. The summed E-state index contributed by atoms with van der Waals surface area (Å²) in [4.78, 5) is 17.2. The highest BCUT2D eigenvalue weighted by Gasteiger charge is 2.28. The summed E-state index contributed by atoms with van der Waals surface area (Å²) < 4.78 is 17.1. The highest BCUT2D eigenvalue weighted by atomic mass is 16.5. The van der Waals surface area contributed by atoms with Crippen molar-refractivity contribution < 1.29 is 18.7 Å². The second kappa shape index (κ2) is 7.92. The summed E-state index contributed by atoms with van der Waals surface area (Å²) >= 11 is 0. The van der Waals surface area contributed by atoms with E-state index in [1.807, 2.05) is 32.0 Å². The first-order valence-corrected chi connectivity index (χ1v) is 9.79. The zero-order chi connectivity index (χ0) is 19.5. The van der Waals surface area contributed by atoms with Gasteiger partial charge < -0.3 is 19.2 Å². The summed E-state index contributed by atoms with van der Waals surface area (Å²) in [5.74, 6) is 2.26. The van der Waals surface area contributed by atoms with E-state index in [1.54, 1.807) is 18.2 Å². The molecule has 0 atom stereocenters. The Balaban J connectivity index is 1.52. The van der Waals surface area contributed by atoms with Gasteiger partial charge in [0.05, 0.1) is 13.2 Å². The van der Waals surface area contributed by atoms with Crippen LogP contribution in [0.15, 0.2) is 40.8 Å². The average molecular weight is 380 g/mol. The van der Waals surface area contributed by atoms with Gasteiger partial charge in [0.25, 0.3) is 5.91 Å². The van der Waals surface area contributed by atoms with Crippen LogP contribution >= 0.6 is 0 Å². The minimum atomic E-state index is -0.215. The molecule has 1 aromatic heterocycles. The molecule has 1 aliphatic rings. The van der Waals surface area contributed by atoms with Crippen molar-refractivity contribution in [2.24, 2.45) is 0 Å². The van der Waals surface area contributed by atoms with Crippen molar-refractivity contribution in [3.8, 4) is 11.5 Å². The maximum atomic E-state index is 12.7. The topological polar surface area (TPSA) is 73.6 Å². The van der Waals surface area contributed by atoms with Gasteiger partial charge in [-0.2, -0.15) is 0 Å². The number of ether oxygens (including phenoxy) is 2. The predicted octanol–water partition coefficient (Wildman–Crippen LogP) is 5.15. The van der Waals surface area contributed by atoms with E-state index in [2.05, 4.69) is 10.3 Å². The molecule has 0 bridgehead atoms. The fourth-order valence-electron chi connectivity index (χ4n) is 2.98. The summed E-state index contributed by atoms with van der Waals surface area (Å²) in [6.45, 7) is 5.05. The number of hydrogen-bond acceptors (Lipinski definition) is 5. The minimum absolute atomic E-state index is 0.215. The van der Waals surface area contributed by atoms with Crippen molar-refractivity contribution in [2.45, 2.75) is 39.0 Å². The Morgan fingerprint density at radius 2 is 2.00 bits per heavy atom. The maximum absolute atomic E-state index is 12.7. The number of nitrogens with one attached hydrogen (secondary N) is 1. The SMILES string of the molecule is CCCOc1ccc(C(=O)Nc2ccc3oc(C4CC4)nc3c2)cc1OCC. The van der Waals surface area contributed by atoms with Gasteiger partial charge in [-0.05, 0) is 62.6 Å². The lowest BCUT2D eigenvalue weighted by molar-refractivity contribution is 0.102. The van der Waals surface area contributed by atoms with Crippen molar-refractivity contribution in [1.29, 1.82) is 0 Å². The van der Waals surface area contributed by atoms with Crippen LogP contribution in [-0.4, -0.2) is 24.1 Å². The Bertz CT molecular complexity index is 991. The van der Waals surface area contributed by atoms with Crippen molar-refractivity contribution in [1.82, 2.24) is 4.98 Å². The summed E-state index contributed by atoms with van der Waals surface area (Å²) in [5, 5.41) is 2.92. The molecule has 1 aliphatic carbocycles. The molecule has 1 amide bonds. The van der Waals surface area contributed by atoms with Crippen molar-refractivity contribution in [2.75, 3.05) is 18.5 Å². The van der Waals surface area contributed by atoms with Gasteiger partial charge in [-0.3, -0.25) is 4.79 Å². The monoisotopic (exact) mass is 380 g/mol. The molecule has 6 heteroatoms. The number of fused-ring (bicyclic) bond motifs is 1. The number of nitrogens with zero attached hydrogens (tertiary/aromatic N) is 1. The molecular weight excluding hydrogens is 356 g/mol. The van der Waals surface area contributed by atoms with Gasteiger partial charge in [0.1, 0.15) is 5.52 Å². The van der Waals surface area contributed by atoms with Gasteiger partial charge in [-0.25, -0.2) is 4.98 Å². The molecule has 1 saturated carbocycles. The molecule has 0 unspecified atom stereocenters. The maximum Gasteiger partial charge on any atom is 0.255 e. The van der Waals surface area contributed by atoms with Gasteiger partial charge in [0.2, 0.25) is 0 Å². The first kappa shape index (κ1) is 18.3. The van der Waals surface area contributed by atoms with Crippen LogP contribution in [0.1, 0.15) is 55.3 Å². The summed E-state index contributed by atoms with van der Waals surface area (Å²) in [6, 6.07) is 10.7. The Labute approximate surface area is 163 Å². The minimum Gasteiger partial charge on any atom is -0.490 e. The molecule has 4 rings (SSSR count). The number of hydrogen-bond donors (Lipinski definition) is 1. The molecule has 0 aliphatic heterocycles. The number of amides is 1. The quantitative estimate of drug-likeness (QED) is 0.585. The molecule has 28 heavy (non-hydrogen) atoms. The third-order valence-electron chi connectivity index (χ3n) is 4.56. The molecule has 0 spiro atoms. The number of anilines is 1. The molecule has 1 N–H and O–H groups in total. The van der Waals surface area contributed by atoms with E-state index >= 15 is 0 Å². The second-order valence-corrected chi connectivity index (χ2v) is 6.91. The largest absolute Gasteiger partial charge is 0.490 e. The van der Waals surface area contributed by atoms with Gasteiger partial charge in [-0.1, -0.05) is 6.92 Å². The van der Waals surface area contributed by atoms with E-state index in [4.69, 9.17) is 13.9 Å². The van der Waals surface area contributed by atoms with E-state index in [1.165, 1.54) is 0 Å². The normalized spacial score (nSPS) is 13.5. The van der Waals surface area contributed by atoms with Crippen LogP contribution in [0.2, 0.25) is 0 Å². The zero-order valence-corrected chi connectivity index (χ0v) is 16.2. The van der Waals surface area contributed by atoms with Gasteiger partial charge in [0.15, 0.2) is 23.0 Å². The molecule has 1 fully saturated rings. The molecule has 3 aromatic rings. The zero-order valence-electron chi connectivity index (χ0n) is 16.2. The molecule has 0 saturated heterocycles. The fourth-order valence-corrected chi connectivity index (χ4v) is 2.98. The lowest BCUT2D eigenvalue weighted by Crippen LogP contribution is -2.12. The summed E-state index contributed by atoms with van der Waals surface area (Å²) in [7, 11) is 0. The smallest absolute Gasteiger partial charge is 0.255 e. The van der Waals surface area contributed by atoms with Gasteiger partial charge >= 0.3 is 0 Å². The van der Waals surface area contributed by atoms with E-state index in [0.29, 0.717) is 41.9 Å². The lowest BCUT2D eigenvalue weighted by Gasteiger charge is -2.13. The summed E-state index contributed by atoms with van der Waals surface area (Å²) in [5.41, 5.74) is 2.69. The fraction of sp³-hybridized carbons (Fsp3) is 0.364. The Hall–Kier alpha value is -3.02. The highest BCUT2D eigenvalue weighted by Crippen LogP contribution is 2.40. The van der Waals surface area contributed by atoms with Crippen molar-refractivity contribution >= 4 is 22.7 Å². The van der Waals surface area contributed by atoms with Crippen LogP contribution in [0.25, 0.3) is 11.1 Å². The first-order valence-electron chi connectivity index (χ1n) is 9.79. The van der Waals surface area contributed by atoms with E-state index in [0.717, 1.165) is 36.3 Å². The van der Waals surface area contributed by atoms with Crippen LogP contribution < -0.4 is 14.8 Å². The van der Waals surface area contributed by atoms with Crippen LogP contribution in [0.4, 0.5) is 5.69 Å². The Morgan fingerprint density at radius 1 is 1.14 bits per heavy atom. The number of aromatic nitrogens is 1. The molecule has 1 heterocycles. The highest BCUT2D eigenvalue weighted by molar-refractivity contribution is 6.05.